The van der Waals surface area contributed by atoms with Crippen molar-refractivity contribution in [2.75, 3.05) is 19.0 Å². The highest BCUT2D eigenvalue weighted by molar-refractivity contribution is 6.18. The average Bonchev–Trinajstić information content (AvgIpc) is 2.88. The van der Waals surface area contributed by atoms with Crippen molar-refractivity contribution in [3.8, 4) is 0 Å². The Labute approximate surface area is 156 Å². The molecule has 0 unspecified atom stereocenters. The van der Waals surface area contributed by atoms with Gasteiger partial charge in [0.25, 0.3) is 0 Å². The molecule has 0 amide bonds. The molecule has 0 radical (unpaired) electrons. The summed E-state index contributed by atoms with van der Waals surface area (Å²) < 4.78 is 14.0. The predicted molar refractivity (Wildman–Crippen MR) is 106 cm³/mol. The molecule has 2 heterocycles. The summed E-state index contributed by atoms with van der Waals surface area (Å²) in [5, 5.41) is 4.54. The molecule has 0 atom stereocenters. The van der Waals surface area contributed by atoms with Crippen LogP contribution in [0.1, 0.15) is 16.7 Å². The lowest BCUT2D eigenvalue weighted by Gasteiger charge is -2.13. The van der Waals surface area contributed by atoms with Crippen LogP contribution >= 0.6 is 0 Å². The highest BCUT2D eigenvalue weighted by Crippen LogP contribution is 2.27. The summed E-state index contributed by atoms with van der Waals surface area (Å²) in [4.78, 5) is 10.7. The lowest BCUT2D eigenvalue weighted by molar-refractivity contribution is 0.627. The maximum absolute atomic E-state index is 14.0. The van der Waals surface area contributed by atoms with Crippen molar-refractivity contribution in [1.82, 2.24) is 10.4 Å². The number of halogens is 1. The zero-order valence-corrected chi connectivity index (χ0v) is 15.0. The van der Waals surface area contributed by atoms with Gasteiger partial charge < -0.3 is 4.90 Å². The Morgan fingerprint density at radius 1 is 0.889 bits per heavy atom. The second kappa shape index (κ2) is 6.99. The maximum atomic E-state index is 14.0. The molecular weight excluding hydrogens is 341 g/mol. The topological polar surface area (TPSA) is 52.9 Å². The number of benzene rings is 2. The van der Waals surface area contributed by atoms with Gasteiger partial charge in [-0.15, -0.1) is 0 Å². The smallest absolute Gasteiger partial charge is 0.154 e. The third-order valence-corrected chi connectivity index (χ3v) is 4.33. The number of amidine groups is 1. The van der Waals surface area contributed by atoms with Crippen LogP contribution in [0.4, 0.5) is 15.8 Å². The van der Waals surface area contributed by atoms with E-state index in [2.05, 4.69) is 20.5 Å². The van der Waals surface area contributed by atoms with Gasteiger partial charge in [-0.25, -0.2) is 9.38 Å². The summed E-state index contributed by atoms with van der Waals surface area (Å²) in [6.07, 6.45) is 3.39. The van der Waals surface area contributed by atoms with E-state index in [0.29, 0.717) is 22.8 Å². The van der Waals surface area contributed by atoms with Gasteiger partial charge in [-0.1, -0.05) is 12.1 Å². The molecule has 1 aromatic heterocycles. The fourth-order valence-corrected chi connectivity index (χ4v) is 2.89. The Morgan fingerprint density at radius 2 is 1.63 bits per heavy atom. The highest BCUT2D eigenvalue weighted by atomic mass is 19.1. The summed E-state index contributed by atoms with van der Waals surface area (Å²) >= 11 is 0. The van der Waals surface area contributed by atoms with E-state index < -0.39 is 0 Å². The van der Waals surface area contributed by atoms with Crippen molar-refractivity contribution in [3.63, 3.8) is 0 Å². The number of pyridine rings is 1. The Hall–Kier alpha value is -3.54. The van der Waals surface area contributed by atoms with E-state index >= 15 is 0 Å². The van der Waals surface area contributed by atoms with Crippen LogP contribution in [0.2, 0.25) is 0 Å². The van der Waals surface area contributed by atoms with Gasteiger partial charge in [-0.2, -0.15) is 5.10 Å². The quantitative estimate of drug-likeness (QED) is 0.775. The van der Waals surface area contributed by atoms with Crippen LogP contribution in [0.3, 0.4) is 0 Å². The first-order valence-corrected chi connectivity index (χ1v) is 8.52. The number of nitrogens with zero attached hydrogens (tertiary/aromatic N) is 4. The molecule has 3 aromatic rings. The van der Waals surface area contributed by atoms with Gasteiger partial charge in [0.1, 0.15) is 11.5 Å². The van der Waals surface area contributed by atoms with Gasteiger partial charge in [-0.3, -0.25) is 10.4 Å². The molecule has 134 valence electrons. The zero-order valence-electron chi connectivity index (χ0n) is 15.0. The third-order valence-electron chi connectivity index (χ3n) is 4.33. The van der Waals surface area contributed by atoms with Crippen LogP contribution in [0.25, 0.3) is 0 Å². The minimum absolute atomic E-state index is 0.325. The van der Waals surface area contributed by atoms with Gasteiger partial charge in [0.05, 0.1) is 5.69 Å². The summed E-state index contributed by atoms with van der Waals surface area (Å²) in [6, 6.07) is 16.2. The molecular formula is C21H18FN5. The fourth-order valence-electron chi connectivity index (χ4n) is 2.89. The second-order valence-electron chi connectivity index (χ2n) is 6.37. The number of aromatic nitrogens is 1. The lowest BCUT2D eigenvalue weighted by Crippen LogP contribution is -2.19. The number of nitrogens with one attached hydrogen (secondary N) is 1. The van der Waals surface area contributed by atoms with E-state index in [-0.39, 0.29) is 5.82 Å². The van der Waals surface area contributed by atoms with Gasteiger partial charge in [0.15, 0.2) is 5.84 Å². The summed E-state index contributed by atoms with van der Waals surface area (Å²) in [7, 11) is 3.97. The number of aliphatic imine (C=N–C) groups is 1. The minimum Gasteiger partial charge on any atom is -0.378 e. The molecule has 0 aliphatic carbocycles. The standard InChI is InChI=1S/C21H18FN5/c1-27(2)17-6-3-14(4-7-17)20-18-13-16(22)5-8-19(18)24-21(26-25-20)15-9-11-23-12-10-15/h3-13H,1-2H3,(H,24,26). The molecule has 1 aliphatic rings. The van der Waals surface area contributed by atoms with Gasteiger partial charge in [0.2, 0.25) is 0 Å². The fraction of sp³-hybridized carbons (Fsp3) is 0.0952. The Balaban J connectivity index is 1.82. The zero-order chi connectivity index (χ0) is 18.8. The van der Waals surface area contributed by atoms with Crippen LogP contribution in [-0.4, -0.2) is 30.6 Å². The molecule has 27 heavy (non-hydrogen) atoms. The SMILES string of the molecule is CN(C)c1ccc(C2=NNC(c3ccncc3)=Nc3ccc(F)cc32)cc1. The Morgan fingerprint density at radius 3 is 2.33 bits per heavy atom. The van der Waals surface area contributed by atoms with Crippen LogP contribution in [0.5, 0.6) is 0 Å². The molecule has 1 N–H and O–H groups in total. The molecule has 4 rings (SSSR count). The molecule has 2 aromatic carbocycles. The number of hydrazone groups is 1. The predicted octanol–water partition coefficient (Wildman–Crippen LogP) is 3.72. The van der Waals surface area contributed by atoms with Crippen molar-refractivity contribution >= 4 is 22.9 Å². The number of fused-ring (bicyclic) bond motifs is 1. The van der Waals surface area contributed by atoms with E-state index in [1.165, 1.54) is 12.1 Å². The first-order valence-electron chi connectivity index (χ1n) is 8.52. The Bertz CT molecular complexity index is 1020. The molecule has 1 aliphatic heterocycles. The highest BCUT2D eigenvalue weighted by Gasteiger charge is 2.18. The van der Waals surface area contributed by atoms with E-state index in [1.807, 2.05) is 55.4 Å². The van der Waals surface area contributed by atoms with Crippen molar-refractivity contribution in [2.24, 2.45) is 10.1 Å². The Kier molecular flexibility index (Phi) is 4.38. The third kappa shape index (κ3) is 3.42. The average molecular weight is 359 g/mol. The normalized spacial score (nSPS) is 13.0. The lowest BCUT2D eigenvalue weighted by atomic mass is 10.0. The van der Waals surface area contributed by atoms with Crippen molar-refractivity contribution in [1.29, 1.82) is 0 Å². The van der Waals surface area contributed by atoms with E-state index in [4.69, 9.17) is 0 Å². The molecule has 0 saturated heterocycles. The maximum Gasteiger partial charge on any atom is 0.154 e. The van der Waals surface area contributed by atoms with Crippen LogP contribution in [0.15, 0.2) is 77.1 Å². The number of hydrogen-bond acceptors (Lipinski definition) is 5. The second-order valence-corrected chi connectivity index (χ2v) is 6.37. The van der Waals surface area contributed by atoms with Gasteiger partial charge in [-0.05, 0) is 42.5 Å². The monoisotopic (exact) mass is 359 g/mol. The van der Waals surface area contributed by atoms with Crippen LogP contribution < -0.4 is 10.3 Å². The summed E-state index contributed by atoms with van der Waals surface area (Å²) in [5.41, 5.74) is 7.78. The molecule has 0 bridgehead atoms. The summed E-state index contributed by atoms with van der Waals surface area (Å²) in [5.74, 6) is 0.263. The number of rotatable bonds is 3. The van der Waals surface area contributed by atoms with E-state index in [0.717, 1.165) is 16.8 Å². The molecule has 6 heteroatoms. The van der Waals surface area contributed by atoms with Crippen molar-refractivity contribution in [2.45, 2.75) is 0 Å². The molecule has 5 nitrogen and oxygen atoms in total. The van der Waals surface area contributed by atoms with E-state index in [1.54, 1.807) is 18.5 Å². The molecule has 0 saturated carbocycles. The van der Waals surface area contributed by atoms with Gasteiger partial charge in [0, 0.05) is 48.9 Å². The molecule has 0 spiro atoms. The van der Waals surface area contributed by atoms with Gasteiger partial charge >= 0.3 is 0 Å². The van der Waals surface area contributed by atoms with Crippen LogP contribution in [0, 0.1) is 5.82 Å². The first-order chi connectivity index (χ1) is 13.1. The largest absolute Gasteiger partial charge is 0.378 e. The molecule has 0 fully saturated rings. The summed E-state index contributed by atoms with van der Waals surface area (Å²) in [6.45, 7) is 0. The minimum atomic E-state index is -0.325. The number of hydrogen-bond donors (Lipinski definition) is 1. The van der Waals surface area contributed by atoms with Crippen molar-refractivity contribution < 1.29 is 4.39 Å². The van der Waals surface area contributed by atoms with E-state index in [9.17, 15) is 4.39 Å². The van der Waals surface area contributed by atoms with Crippen LogP contribution in [-0.2, 0) is 0 Å². The number of anilines is 1. The van der Waals surface area contributed by atoms with Crippen molar-refractivity contribution in [3.05, 3.63) is 89.5 Å². The first kappa shape index (κ1) is 16.9.